The van der Waals surface area contributed by atoms with E-state index in [9.17, 15) is 0 Å². The van der Waals surface area contributed by atoms with Gasteiger partial charge in [0, 0.05) is 10.8 Å². The van der Waals surface area contributed by atoms with E-state index in [4.69, 9.17) is 18.9 Å². The third-order valence-electron chi connectivity index (χ3n) is 8.45. The quantitative estimate of drug-likeness (QED) is 0.246. The average molecular weight is 509 g/mol. The molecule has 0 atom stereocenters. The lowest BCUT2D eigenvalue weighted by Crippen LogP contribution is -2.41. The van der Waals surface area contributed by atoms with E-state index < -0.39 is 0 Å². The summed E-state index contributed by atoms with van der Waals surface area (Å²) in [5.74, 6) is 3.51. The molecule has 38 heavy (non-hydrogen) atoms. The zero-order chi connectivity index (χ0) is 26.6. The van der Waals surface area contributed by atoms with Gasteiger partial charge in [-0.25, -0.2) is 0 Å². The number of ether oxygens (including phenoxy) is 4. The predicted molar refractivity (Wildman–Crippen MR) is 152 cm³/mol. The van der Waals surface area contributed by atoms with Crippen molar-refractivity contribution in [1.82, 2.24) is 0 Å². The van der Waals surface area contributed by atoms with Crippen LogP contribution in [0.2, 0.25) is 0 Å². The van der Waals surface area contributed by atoms with Gasteiger partial charge in [-0.1, -0.05) is 48.5 Å². The number of methoxy groups -OCH3 is 4. The molecule has 0 saturated heterocycles. The van der Waals surface area contributed by atoms with Gasteiger partial charge in [-0.2, -0.15) is 0 Å². The van der Waals surface area contributed by atoms with Crippen molar-refractivity contribution < 1.29 is 18.9 Å². The molecule has 0 radical (unpaired) electrons. The van der Waals surface area contributed by atoms with Gasteiger partial charge in [0.05, 0.1) is 28.4 Å². The van der Waals surface area contributed by atoms with Crippen LogP contribution < -0.4 is 18.9 Å². The summed E-state index contributed by atoms with van der Waals surface area (Å²) in [6.45, 7) is 0. The van der Waals surface area contributed by atoms with Crippen molar-refractivity contribution in [3.63, 3.8) is 0 Å². The van der Waals surface area contributed by atoms with Crippen LogP contribution in [0.25, 0.3) is 0 Å². The minimum absolute atomic E-state index is 0.176. The van der Waals surface area contributed by atoms with Crippen molar-refractivity contribution in [3.05, 3.63) is 119 Å². The molecular formula is C34H36O4. The molecule has 0 spiro atoms. The summed E-state index contributed by atoms with van der Waals surface area (Å²) in [5.41, 5.74) is 4.74. The smallest absolute Gasteiger partial charge is 0.119 e. The molecule has 1 fully saturated rings. The zero-order valence-electron chi connectivity index (χ0n) is 22.7. The molecule has 1 saturated carbocycles. The van der Waals surface area contributed by atoms with Gasteiger partial charge in [-0.3, -0.25) is 0 Å². The van der Waals surface area contributed by atoms with Gasteiger partial charge in [0.1, 0.15) is 23.0 Å². The largest absolute Gasteiger partial charge is 0.497 e. The first-order valence-electron chi connectivity index (χ1n) is 13.1. The van der Waals surface area contributed by atoms with Crippen LogP contribution in [0.3, 0.4) is 0 Å². The lowest BCUT2D eigenvalue weighted by Gasteiger charge is -2.48. The van der Waals surface area contributed by atoms with Gasteiger partial charge in [0.2, 0.25) is 0 Å². The second-order valence-corrected chi connectivity index (χ2v) is 10.1. The molecule has 4 aromatic carbocycles. The Morgan fingerprint density at radius 3 is 0.842 bits per heavy atom. The molecule has 1 aliphatic rings. The fourth-order valence-electron chi connectivity index (χ4n) is 6.27. The van der Waals surface area contributed by atoms with E-state index >= 15 is 0 Å². The summed E-state index contributed by atoms with van der Waals surface area (Å²) in [6.07, 6.45) is 3.84. The molecule has 0 unspecified atom stereocenters. The van der Waals surface area contributed by atoms with Crippen LogP contribution in [0.5, 0.6) is 23.0 Å². The Labute approximate surface area is 226 Å². The lowest BCUT2D eigenvalue weighted by molar-refractivity contribution is 0.254. The summed E-state index contributed by atoms with van der Waals surface area (Å²) in [4.78, 5) is 0. The van der Waals surface area contributed by atoms with Gasteiger partial charge < -0.3 is 18.9 Å². The molecule has 0 aliphatic heterocycles. The van der Waals surface area contributed by atoms with Crippen molar-refractivity contribution in [3.8, 4) is 23.0 Å². The van der Waals surface area contributed by atoms with Crippen LogP contribution in [0.1, 0.15) is 47.9 Å². The molecule has 196 valence electrons. The van der Waals surface area contributed by atoms with E-state index in [1.54, 1.807) is 28.4 Å². The third-order valence-corrected chi connectivity index (χ3v) is 8.45. The van der Waals surface area contributed by atoms with Crippen LogP contribution >= 0.6 is 0 Å². The maximum atomic E-state index is 5.65. The van der Waals surface area contributed by atoms with Crippen molar-refractivity contribution in [2.24, 2.45) is 0 Å². The first-order chi connectivity index (χ1) is 18.6. The number of hydrogen-bond acceptors (Lipinski definition) is 4. The number of hydrogen-bond donors (Lipinski definition) is 0. The molecule has 4 aromatic rings. The predicted octanol–water partition coefficient (Wildman–Crippen LogP) is 7.57. The monoisotopic (exact) mass is 508 g/mol. The van der Waals surface area contributed by atoms with Crippen molar-refractivity contribution >= 4 is 0 Å². The summed E-state index contributed by atoms with van der Waals surface area (Å²) in [6, 6.07) is 34.2. The fraction of sp³-hybridized carbons (Fsp3) is 0.294. The summed E-state index contributed by atoms with van der Waals surface area (Å²) >= 11 is 0. The maximum Gasteiger partial charge on any atom is 0.119 e. The van der Waals surface area contributed by atoms with Crippen LogP contribution in [-0.2, 0) is 10.8 Å². The minimum Gasteiger partial charge on any atom is -0.497 e. The van der Waals surface area contributed by atoms with Crippen LogP contribution in [-0.4, -0.2) is 28.4 Å². The highest BCUT2D eigenvalue weighted by molar-refractivity contribution is 5.50. The Morgan fingerprint density at radius 1 is 0.395 bits per heavy atom. The van der Waals surface area contributed by atoms with Crippen molar-refractivity contribution in [2.45, 2.75) is 36.5 Å². The van der Waals surface area contributed by atoms with Gasteiger partial charge in [0.15, 0.2) is 0 Å². The van der Waals surface area contributed by atoms with Crippen molar-refractivity contribution in [1.29, 1.82) is 0 Å². The maximum absolute atomic E-state index is 5.65. The third kappa shape index (κ3) is 4.60. The van der Waals surface area contributed by atoms with Gasteiger partial charge >= 0.3 is 0 Å². The molecule has 0 amide bonds. The van der Waals surface area contributed by atoms with E-state index in [1.807, 2.05) is 24.3 Å². The van der Waals surface area contributed by atoms with E-state index in [0.29, 0.717) is 0 Å². The SMILES string of the molecule is COc1cccc(C2(c3cccc(OC)c3)CCC(c3cccc(OC)c3)(c3cccc(OC)c3)CC2)c1. The first kappa shape index (κ1) is 25.7. The van der Waals surface area contributed by atoms with Crippen LogP contribution in [0, 0.1) is 0 Å². The Kier molecular flexibility index (Phi) is 7.33. The molecule has 0 N–H and O–H groups in total. The summed E-state index contributed by atoms with van der Waals surface area (Å²) in [5, 5.41) is 0. The zero-order valence-corrected chi connectivity index (χ0v) is 22.7. The van der Waals surface area contributed by atoms with E-state index in [-0.39, 0.29) is 10.8 Å². The Bertz CT molecular complexity index is 1180. The second kappa shape index (κ2) is 10.8. The molecular weight excluding hydrogens is 472 g/mol. The van der Waals surface area contributed by atoms with Crippen LogP contribution in [0.15, 0.2) is 97.1 Å². The van der Waals surface area contributed by atoms with Gasteiger partial charge in [-0.15, -0.1) is 0 Å². The lowest BCUT2D eigenvalue weighted by atomic mass is 9.55. The van der Waals surface area contributed by atoms with Crippen LogP contribution in [0.4, 0.5) is 0 Å². The van der Waals surface area contributed by atoms with Crippen molar-refractivity contribution in [2.75, 3.05) is 28.4 Å². The number of rotatable bonds is 8. The topological polar surface area (TPSA) is 36.9 Å². The van der Waals surface area contributed by atoms with E-state index in [2.05, 4.69) is 72.8 Å². The highest BCUT2D eigenvalue weighted by Gasteiger charge is 2.47. The molecule has 4 nitrogen and oxygen atoms in total. The van der Waals surface area contributed by atoms with Gasteiger partial charge in [0.25, 0.3) is 0 Å². The summed E-state index contributed by atoms with van der Waals surface area (Å²) in [7, 11) is 6.92. The van der Waals surface area contributed by atoms with E-state index in [1.165, 1.54) is 22.3 Å². The fourth-order valence-corrected chi connectivity index (χ4v) is 6.27. The normalized spacial score (nSPS) is 15.9. The first-order valence-corrected chi connectivity index (χ1v) is 13.1. The molecule has 0 bridgehead atoms. The Morgan fingerprint density at radius 2 is 0.632 bits per heavy atom. The molecule has 0 aromatic heterocycles. The second-order valence-electron chi connectivity index (χ2n) is 10.1. The molecule has 0 heterocycles. The summed E-state index contributed by atoms with van der Waals surface area (Å²) < 4.78 is 22.6. The number of benzene rings is 4. The highest BCUT2D eigenvalue weighted by Crippen LogP contribution is 2.55. The Hall–Kier alpha value is -3.92. The van der Waals surface area contributed by atoms with E-state index in [0.717, 1.165) is 48.7 Å². The minimum atomic E-state index is -0.176. The molecule has 5 rings (SSSR count). The highest BCUT2D eigenvalue weighted by atomic mass is 16.5. The van der Waals surface area contributed by atoms with Gasteiger partial charge in [-0.05, 0) is 96.5 Å². The molecule has 1 aliphatic carbocycles. The Balaban J connectivity index is 1.65. The molecule has 4 heteroatoms. The standard InChI is InChI=1S/C34H36O4/c1-35-29-13-5-9-25(21-29)33(26-10-6-14-30(22-26)36-2)17-19-34(20-18-33,27-11-7-15-31(23-27)37-3)28-12-8-16-32(24-28)38-4/h5-16,21-24H,17-20H2,1-4H3. The average Bonchev–Trinajstić information content (AvgIpc) is 3.01.